The van der Waals surface area contributed by atoms with Gasteiger partial charge in [0.2, 0.25) is 5.91 Å². The van der Waals surface area contributed by atoms with Crippen LogP contribution in [0.4, 0.5) is 11.4 Å². The first-order chi connectivity index (χ1) is 9.52. The van der Waals surface area contributed by atoms with Gasteiger partial charge in [-0.05, 0) is 47.8 Å². The summed E-state index contributed by atoms with van der Waals surface area (Å²) in [4.78, 5) is 11.4. The van der Waals surface area contributed by atoms with Gasteiger partial charge in [0.15, 0.2) is 0 Å². The fourth-order valence-electron chi connectivity index (χ4n) is 3.06. The first-order valence-electron chi connectivity index (χ1n) is 7.29. The van der Waals surface area contributed by atoms with Crippen LogP contribution >= 0.6 is 11.8 Å². The molecule has 2 aliphatic heterocycles. The molecular formula is C16H22N2OS. The molecule has 0 spiro atoms. The molecule has 1 saturated heterocycles. The van der Waals surface area contributed by atoms with E-state index in [4.69, 9.17) is 0 Å². The number of rotatable bonds is 2. The van der Waals surface area contributed by atoms with E-state index in [-0.39, 0.29) is 5.91 Å². The Morgan fingerprint density at radius 3 is 3.00 bits per heavy atom. The number of thioether (sulfide) groups is 1. The summed E-state index contributed by atoms with van der Waals surface area (Å²) in [5, 5.41) is 6.60. The minimum Gasteiger partial charge on any atom is -0.381 e. The molecule has 0 bridgehead atoms. The average molecular weight is 290 g/mol. The fourth-order valence-corrected chi connectivity index (χ4v) is 4.34. The Balaban J connectivity index is 1.70. The topological polar surface area (TPSA) is 41.1 Å². The van der Waals surface area contributed by atoms with Crippen LogP contribution in [-0.2, 0) is 11.2 Å². The predicted octanol–water partition coefficient (Wildman–Crippen LogP) is 3.51. The van der Waals surface area contributed by atoms with Gasteiger partial charge in [-0.1, -0.05) is 13.8 Å². The highest BCUT2D eigenvalue weighted by atomic mass is 32.2. The van der Waals surface area contributed by atoms with Crippen molar-refractivity contribution in [1.82, 2.24) is 0 Å². The summed E-state index contributed by atoms with van der Waals surface area (Å²) < 4.78 is 0. The van der Waals surface area contributed by atoms with Crippen molar-refractivity contribution >= 4 is 29.0 Å². The summed E-state index contributed by atoms with van der Waals surface area (Å²) in [6.45, 7) is 4.69. The largest absolute Gasteiger partial charge is 0.381 e. The van der Waals surface area contributed by atoms with Gasteiger partial charge in [0.1, 0.15) is 0 Å². The lowest BCUT2D eigenvalue weighted by Crippen LogP contribution is -2.35. The third-order valence-corrected chi connectivity index (χ3v) is 5.61. The summed E-state index contributed by atoms with van der Waals surface area (Å²) in [5.74, 6) is 2.56. The maximum Gasteiger partial charge on any atom is 0.224 e. The van der Waals surface area contributed by atoms with E-state index in [9.17, 15) is 4.79 Å². The second kappa shape index (κ2) is 5.32. The van der Waals surface area contributed by atoms with Crippen LogP contribution in [0.2, 0.25) is 0 Å². The van der Waals surface area contributed by atoms with Crippen molar-refractivity contribution in [1.29, 1.82) is 0 Å². The molecule has 108 valence electrons. The van der Waals surface area contributed by atoms with Crippen molar-refractivity contribution in [3.05, 3.63) is 23.8 Å². The Morgan fingerprint density at radius 2 is 2.20 bits per heavy atom. The second-order valence-corrected chi connectivity index (χ2v) is 7.68. The zero-order chi connectivity index (χ0) is 14.2. The molecule has 1 atom stereocenters. The highest BCUT2D eigenvalue weighted by molar-refractivity contribution is 7.99. The fraction of sp³-hybridized carbons (Fsp3) is 0.562. The average Bonchev–Trinajstić information content (AvgIpc) is 2.38. The zero-order valence-electron chi connectivity index (χ0n) is 12.2. The molecular weight excluding hydrogens is 268 g/mol. The summed E-state index contributed by atoms with van der Waals surface area (Å²) in [7, 11) is 0. The van der Waals surface area contributed by atoms with Gasteiger partial charge in [-0.15, -0.1) is 0 Å². The first-order valence-corrected chi connectivity index (χ1v) is 8.44. The van der Waals surface area contributed by atoms with Gasteiger partial charge < -0.3 is 10.6 Å². The lowest BCUT2D eigenvalue weighted by atomic mass is 9.87. The van der Waals surface area contributed by atoms with E-state index < -0.39 is 0 Å². The number of carbonyl (C=O) groups is 1. The molecule has 0 aliphatic carbocycles. The molecule has 1 unspecified atom stereocenters. The molecule has 0 saturated carbocycles. The maximum absolute atomic E-state index is 11.4. The molecule has 2 N–H and O–H groups in total. The number of anilines is 2. The SMILES string of the molecule is CC1(C)CSCC(Nc2ccc3c(c2)CCC(=O)N3)C1. The Bertz CT molecular complexity index is 527. The number of hydrogen-bond acceptors (Lipinski definition) is 3. The van der Waals surface area contributed by atoms with Crippen molar-refractivity contribution < 1.29 is 4.79 Å². The van der Waals surface area contributed by atoms with Crippen LogP contribution in [0.5, 0.6) is 0 Å². The third kappa shape index (κ3) is 3.11. The van der Waals surface area contributed by atoms with Crippen LogP contribution in [-0.4, -0.2) is 23.5 Å². The molecule has 0 radical (unpaired) electrons. The van der Waals surface area contributed by atoms with Crippen molar-refractivity contribution in [3.63, 3.8) is 0 Å². The number of amides is 1. The Hall–Kier alpha value is -1.16. The lowest BCUT2D eigenvalue weighted by molar-refractivity contribution is -0.116. The molecule has 1 aromatic carbocycles. The van der Waals surface area contributed by atoms with Crippen LogP contribution in [0.3, 0.4) is 0 Å². The standard InChI is InChI=1S/C16H22N2OS/c1-16(2)8-13(9-20-10-16)17-12-4-5-14-11(7-12)3-6-15(19)18-14/h4-5,7,13,17H,3,6,8-10H2,1-2H3,(H,18,19). The summed E-state index contributed by atoms with van der Waals surface area (Å²) in [5.41, 5.74) is 3.83. The van der Waals surface area contributed by atoms with Crippen LogP contribution in [0.1, 0.15) is 32.3 Å². The zero-order valence-corrected chi connectivity index (χ0v) is 13.0. The smallest absolute Gasteiger partial charge is 0.224 e. The Morgan fingerprint density at radius 1 is 1.35 bits per heavy atom. The summed E-state index contributed by atoms with van der Waals surface area (Å²) >= 11 is 2.04. The molecule has 0 aromatic heterocycles. The lowest BCUT2D eigenvalue weighted by Gasteiger charge is -2.35. The van der Waals surface area contributed by atoms with Gasteiger partial charge in [-0.3, -0.25) is 4.79 Å². The molecule has 3 rings (SSSR count). The molecule has 1 fully saturated rings. The van der Waals surface area contributed by atoms with Gasteiger partial charge in [0.25, 0.3) is 0 Å². The van der Waals surface area contributed by atoms with Crippen LogP contribution < -0.4 is 10.6 Å². The highest BCUT2D eigenvalue weighted by Crippen LogP contribution is 2.35. The van der Waals surface area contributed by atoms with Gasteiger partial charge >= 0.3 is 0 Å². The van der Waals surface area contributed by atoms with Gasteiger partial charge in [0, 0.05) is 29.6 Å². The van der Waals surface area contributed by atoms with E-state index >= 15 is 0 Å². The van der Waals surface area contributed by atoms with Gasteiger partial charge in [-0.2, -0.15) is 11.8 Å². The number of nitrogens with one attached hydrogen (secondary N) is 2. The summed E-state index contributed by atoms with van der Waals surface area (Å²) in [6.07, 6.45) is 2.66. The molecule has 1 amide bonds. The molecule has 20 heavy (non-hydrogen) atoms. The van der Waals surface area contributed by atoms with Crippen molar-refractivity contribution in [3.8, 4) is 0 Å². The number of hydrogen-bond donors (Lipinski definition) is 2. The van der Waals surface area contributed by atoms with Crippen LogP contribution in [0.25, 0.3) is 0 Å². The minimum absolute atomic E-state index is 0.128. The van der Waals surface area contributed by atoms with Crippen LogP contribution in [0, 0.1) is 5.41 Å². The van der Waals surface area contributed by atoms with Crippen molar-refractivity contribution in [2.45, 2.75) is 39.2 Å². The Labute approximate surface area is 124 Å². The van der Waals surface area contributed by atoms with E-state index in [1.165, 1.54) is 29.2 Å². The third-order valence-electron chi connectivity index (χ3n) is 3.98. The summed E-state index contributed by atoms with van der Waals surface area (Å²) in [6, 6.07) is 6.84. The maximum atomic E-state index is 11.4. The highest BCUT2D eigenvalue weighted by Gasteiger charge is 2.28. The predicted molar refractivity (Wildman–Crippen MR) is 86.5 cm³/mol. The van der Waals surface area contributed by atoms with Crippen molar-refractivity contribution in [2.24, 2.45) is 5.41 Å². The van der Waals surface area contributed by atoms with E-state index in [0.29, 0.717) is 17.9 Å². The number of aryl methyl sites for hydroxylation is 1. The minimum atomic E-state index is 0.128. The van der Waals surface area contributed by atoms with E-state index in [1.807, 2.05) is 17.8 Å². The molecule has 1 aromatic rings. The Kier molecular flexibility index (Phi) is 3.67. The second-order valence-electron chi connectivity index (χ2n) is 6.64. The van der Waals surface area contributed by atoms with E-state index in [0.717, 1.165) is 12.1 Å². The van der Waals surface area contributed by atoms with Crippen molar-refractivity contribution in [2.75, 3.05) is 22.1 Å². The molecule has 2 heterocycles. The van der Waals surface area contributed by atoms with E-state index in [2.05, 4.69) is 36.6 Å². The monoisotopic (exact) mass is 290 g/mol. The van der Waals surface area contributed by atoms with E-state index in [1.54, 1.807) is 0 Å². The number of carbonyl (C=O) groups excluding carboxylic acids is 1. The normalized spacial score (nSPS) is 24.7. The molecule has 4 heteroatoms. The molecule has 2 aliphatic rings. The van der Waals surface area contributed by atoms with Gasteiger partial charge in [-0.25, -0.2) is 0 Å². The first kappa shape index (κ1) is 13.8. The quantitative estimate of drug-likeness (QED) is 0.875. The number of benzene rings is 1. The van der Waals surface area contributed by atoms with Crippen LogP contribution in [0.15, 0.2) is 18.2 Å². The van der Waals surface area contributed by atoms with Gasteiger partial charge in [0.05, 0.1) is 0 Å². The number of fused-ring (bicyclic) bond motifs is 1. The molecule has 3 nitrogen and oxygen atoms in total.